The van der Waals surface area contributed by atoms with Gasteiger partial charge in [-0.2, -0.15) is 5.26 Å². The lowest BCUT2D eigenvalue weighted by Crippen LogP contribution is -1.93. The van der Waals surface area contributed by atoms with E-state index < -0.39 is 0 Å². The van der Waals surface area contributed by atoms with Crippen molar-refractivity contribution in [3.8, 4) is 17.6 Å². The molecular formula is C18H14N2O. The number of ether oxygens (including phenoxy) is 1. The highest BCUT2D eigenvalue weighted by Gasteiger charge is 2.11. The van der Waals surface area contributed by atoms with Crippen molar-refractivity contribution in [2.75, 3.05) is 0 Å². The Kier molecular flexibility index (Phi) is 3.29. The van der Waals surface area contributed by atoms with Gasteiger partial charge >= 0.3 is 0 Å². The van der Waals surface area contributed by atoms with Gasteiger partial charge in [-0.3, -0.25) is 4.98 Å². The Morgan fingerprint density at radius 2 is 1.86 bits per heavy atom. The second-order valence-electron chi connectivity index (χ2n) is 4.98. The predicted molar refractivity (Wildman–Crippen MR) is 82.4 cm³/mol. The van der Waals surface area contributed by atoms with Gasteiger partial charge in [0.1, 0.15) is 17.4 Å². The van der Waals surface area contributed by atoms with Crippen LogP contribution in [-0.2, 0) is 0 Å². The summed E-state index contributed by atoms with van der Waals surface area (Å²) in [5, 5.41) is 10.1. The predicted octanol–water partition coefficient (Wildman–Crippen LogP) is 4.52. The fourth-order valence-corrected chi connectivity index (χ4v) is 2.20. The summed E-state index contributed by atoms with van der Waals surface area (Å²) in [6.45, 7) is 4.10. The zero-order valence-electron chi connectivity index (χ0n) is 11.9. The summed E-state index contributed by atoms with van der Waals surface area (Å²) in [4.78, 5) is 4.28. The van der Waals surface area contributed by atoms with Crippen LogP contribution in [0.3, 0.4) is 0 Å². The van der Waals surface area contributed by atoms with Crippen LogP contribution in [0.4, 0.5) is 0 Å². The molecule has 0 bridgehead atoms. The molecule has 1 aromatic heterocycles. The van der Waals surface area contributed by atoms with E-state index in [-0.39, 0.29) is 0 Å². The quantitative estimate of drug-likeness (QED) is 0.690. The molecule has 0 radical (unpaired) electrons. The van der Waals surface area contributed by atoms with E-state index in [1.165, 1.54) is 5.56 Å². The number of pyridine rings is 1. The molecule has 3 rings (SSSR count). The van der Waals surface area contributed by atoms with Crippen LogP contribution in [-0.4, -0.2) is 4.98 Å². The van der Waals surface area contributed by atoms with E-state index in [2.05, 4.69) is 18.0 Å². The summed E-state index contributed by atoms with van der Waals surface area (Å²) >= 11 is 0. The standard InChI is InChI=1S/C18H14N2O/c1-12-7-8-15(9-13(12)2)21-18-14(10-19)11-20-17-6-4-3-5-16(17)18/h3-9,11H,1-2H3. The van der Waals surface area contributed by atoms with Gasteiger partial charge in [0.2, 0.25) is 0 Å². The highest BCUT2D eigenvalue weighted by molar-refractivity contribution is 5.87. The van der Waals surface area contributed by atoms with Crippen LogP contribution in [0, 0.1) is 25.2 Å². The molecule has 102 valence electrons. The highest BCUT2D eigenvalue weighted by atomic mass is 16.5. The lowest BCUT2D eigenvalue weighted by atomic mass is 10.1. The molecule has 0 aliphatic rings. The van der Waals surface area contributed by atoms with Crippen molar-refractivity contribution in [1.82, 2.24) is 4.98 Å². The molecule has 0 saturated heterocycles. The van der Waals surface area contributed by atoms with Crippen LogP contribution in [0.1, 0.15) is 16.7 Å². The molecule has 0 aliphatic carbocycles. The van der Waals surface area contributed by atoms with Crippen molar-refractivity contribution >= 4 is 10.9 Å². The first-order chi connectivity index (χ1) is 10.2. The number of hydrogen-bond acceptors (Lipinski definition) is 3. The van der Waals surface area contributed by atoms with E-state index in [1.54, 1.807) is 6.20 Å². The van der Waals surface area contributed by atoms with Crippen LogP contribution in [0.2, 0.25) is 0 Å². The molecule has 0 saturated carbocycles. The lowest BCUT2D eigenvalue weighted by molar-refractivity contribution is 0.485. The van der Waals surface area contributed by atoms with E-state index in [9.17, 15) is 5.26 Å². The summed E-state index contributed by atoms with van der Waals surface area (Å²) in [6, 6.07) is 15.7. The summed E-state index contributed by atoms with van der Waals surface area (Å²) in [7, 11) is 0. The molecule has 0 aliphatic heterocycles. The molecule has 3 nitrogen and oxygen atoms in total. The van der Waals surface area contributed by atoms with Gasteiger partial charge in [-0.1, -0.05) is 18.2 Å². The Morgan fingerprint density at radius 1 is 1.05 bits per heavy atom. The van der Waals surface area contributed by atoms with E-state index >= 15 is 0 Å². The third-order valence-corrected chi connectivity index (χ3v) is 3.54. The molecule has 3 heteroatoms. The summed E-state index contributed by atoms with van der Waals surface area (Å²) in [5.41, 5.74) is 3.62. The first kappa shape index (κ1) is 13.1. The van der Waals surface area contributed by atoms with Crippen molar-refractivity contribution in [3.05, 3.63) is 65.4 Å². The van der Waals surface area contributed by atoms with E-state index in [0.29, 0.717) is 11.3 Å². The number of nitrogens with zero attached hydrogens (tertiary/aromatic N) is 2. The topological polar surface area (TPSA) is 45.9 Å². The fourth-order valence-electron chi connectivity index (χ4n) is 2.20. The zero-order chi connectivity index (χ0) is 14.8. The average molecular weight is 274 g/mol. The number of nitriles is 1. The monoisotopic (exact) mass is 274 g/mol. The van der Waals surface area contributed by atoms with Crippen LogP contribution < -0.4 is 4.74 Å². The van der Waals surface area contributed by atoms with E-state index in [0.717, 1.165) is 22.2 Å². The fraction of sp³-hybridized carbons (Fsp3) is 0.111. The second kappa shape index (κ2) is 5.26. The van der Waals surface area contributed by atoms with Gasteiger partial charge in [-0.25, -0.2) is 0 Å². The third kappa shape index (κ3) is 2.44. The average Bonchev–Trinajstić information content (AvgIpc) is 2.51. The van der Waals surface area contributed by atoms with Crippen molar-refractivity contribution in [1.29, 1.82) is 5.26 Å². The largest absolute Gasteiger partial charge is 0.455 e. The first-order valence-electron chi connectivity index (χ1n) is 6.72. The molecule has 1 heterocycles. The van der Waals surface area contributed by atoms with Gasteiger partial charge in [0.15, 0.2) is 5.75 Å². The molecule has 0 unspecified atom stereocenters. The lowest BCUT2D eigenvalue weighted by Gasteiger charge is -2.11. The van der Waals surface area contributed by atoms with E-state index in [4.69, 9.17) is 4.74 Å². The van der Waals surface area contributed by atoms with Gasteiger partial charge in [-0.15, -0.1) is 0 Å². The smallest absolute Gasteiger partial charge is 0.156 e. The minimum atomic E-state index is 0.437. The molecule has 3 aromatic rings. The third-order valence-electron chi connectivity index (χ3n) is 3.54. The maximum Gasteiger partial charge on any atom is 0.156 e. The Hall–Kier alpha value is -2.86. The maximum atomic E-state index is 9.28. The highest BCUT2D eigenvalue weighted by Crippen LogP contribution is 2.32. The Bertz CT molecular complexity index is 863. The Morgan fingerprint density at radius 3 is 2.62 bits per heavy atom. The van der Waals surface area contributed by atoms with Crippen molar-refractivity contribution < 1.29 is 4.74 Å². The van der Waals surface area contributed by atoms with Crippen molar-refractivity contribution in [2.24, 2.45) is 0 Å². The molecule has 0 N–H and O–H groups in total. The number of fused-ring (bicyclic) bond motifs is 1. The molecule has 2 aromatic carbocycles. The molecule has 21 heavy (non-hydrogen) atoms. The molecular weight excluding hydrogens is 260 g/mol. The van der Waals surface area contributed by atoms with Crippen LogP contribution in [0.5, 0.6) is 11.5 Å². The zero-order valence-corrected chi connectivity index (χ0v) is 11.9. The number of benzene rings is 2. The van der Waals surface area contributed by atoms with E-state index in [1.807, 2.05) is 49.4 Å². The SMILES string of the molecule is Cc1ccc(Oc2c(C#N)cnc3ccccc23)cc1C. The molecule has 0 amide bonds. The number of aryl methyl sites for hydroxylation is 2. The summed E-state index contributed by atoms with van der Waals surface area (Å²) in [5.74, 6) is 1.29. The Balaban J connectivity index is 2.14. The van der Waals surface area contributed by atoms with Crippen LogP contribution >= 0.6 is 0 Å². The van der Waals surface area contributed by atoms with Gasteiger partial charge in [0.05, 0.1) is 5.52 Å². The number of para-hydroxylation sites is 1. The van der Waals surface area contributed by atoms with Gasteiger partial charge in [-0.05, 0) is 49.2 Å². The van der Waals surface area contributed by atoms with Gasteiger partial charge in [0.25, 0.3) is 0 Å². The summed E-state index contributed by atoms with van der Waals surface area (Å²) < 4.78 is 5.99. The maximum absolute atomic E-state index is 9.28. The first-order valence-corrected chi connectivity index (χ1v) is 6.72. The normalized spacial score (nSPS) is 10.3. The Labute approximate surface area is 123 Å². The number of rotatable bonds is 2. The van der Waals surface area contributed by atoms with Crippen molar-refractivity contribution in [3.63, 3.8) is 0 Å². The minimum absolute atomic E-state index is 0.437. The van der Waals surface area contributed by atoms with Crippen LogP contribution in [0.15, 0.2) is 48.7 Å². The number of hydrogen-bond donors (Lipinski definition) is 0. The van der Waals surface area contributed by atoms with Gasteiger partial charge < -0.3 is 4.74 Å². The second-order valence-corrected chi connectivity index (χ2v) is 4.98. The van der Waals surface area contributed by atoms with Crippen molar-refractivity contribution in [2.45, 2.75) is 13.8 Å². The van der Waals surface area contributed by atoms with Crippen LogP contribution in [0.25, 0.3) is 10.9 Å². The molecule has 0 atom stereocenters. The molecule has 0 fully saturated rings. The molecule has 0 spiro atoms. The number of aromatic nitrogens is 1. The summed E-state index contributed by atoms with van der Waals surface area (Å²) in [6.07, 6.45) is 1.55. The van der Waals surface area contributed by atoms with Gasteiger partial charge in [0, 0.05) is 11.6 Å². The minimum Gasteiger partial charge on any atom is -0.455 e.